The van der Waals surface area contributed by atoms with Crippen LogP contribution in [0.1, 0.15) is 51.9 Å². The van der Waals surface area contributed by atoms with Gasteiger partial charge in [0.05, 0.1) is 0 Å². The molecule has 0 radical (unpaired) electrons. The van der Waals surface area contributed by atoms with E-state index in [1.54, 1.807) is 0 Å². The largest absolute Gasteiger partial charge is 0.464 e. The second-order valence-corrected chi connectivity index (χ2v) is 4.38. The molecule has 1 rings (SSSR count). The smallest absolute Gasteiger partial charge is 0.305 e. The van der Waals surface area contributed by atoms with Crippen LogP contribution in [-0.2, 0) is 9.53 Å². The van der Waals surface area contributed by atoms with Gasteiger partial charge in [-0.05, 0) is 19.8 Å². The maximum absolute atomic E-state index is 11.2. The Morgan fingerprint density at radius 3 is 2.80 bits per heavy atom. The van der Waals surface area contributed by atoms with Gasteiger partial charge in [-0.15, -0.1) is 0 Å². The number of hydrogen-bond donors (Lipinski definition) is 1. The fraction of sp³-hybridized carbons (Fsp3) is 0.917. The third-order valence-corrected chi connectivity index (χ3v) is 2.88. The van der Waals surface area contributed by atoms with Crippen LogP contribution in [-0.4, -0.2) is 25.2 Å². The Kier molecular flexibility index (Phi) is 6.41. The lowest BCUT2D eigenvalue weighted by atomic mass is 10.1. The molecule has 3 nitrogen and oxygen atoms in total. The highest BCUT2D eigenvalue weighted by Gasteiger charge is 2.05. The minimum atomic E-state index is -0.0382. The molecule has 0 aliphatic carbocycles. The van der Waals surface area contributed by atoms with Crippen molar-refractivity contribution in [3.05, 3.63) is 0 Å². The average molecular weight is 213 g/mol. The van der Waals surface area contributed by atoms with E-state index in [4.69, 9.17) is 4.74 Å². The summed E-state index contributed by atoms with van der Waals surface area (Å²) < 4.78 is 5.10. The van der Waals surface area contributed by atoms with Crippen LogP contribution in [0, 0.1) is 0 Å². The van der Waals surface area contributed by atoms with Gasteiger partial charge in [-0.25, -0.2) is 0 Å². The summed E-state index contributed by atoms with van der Waals surface area (Å²) in [5.74, 6) is -0.0382. The Balaban J connectivity index is 2.24. The van der Waals surface area contributed by atoms with Crippen molar-refractivity contribution in [3.8, 4) is 0 Å². The molecular weight excluding hydrogens is 190 g/mol. The minimum Gasteiger partial charge on any atom is -0.464 e. The van der Waals surface area contributed by atoms with E-state index in [0.717, 1.165) is 19.4 Å². The zero-order valence-electron chi connectivity index (χ0n) is 9.76. The van der Waals surface area contributed by atoms with E-state index in [9.17, 15) is 4.79 Å². The van der Waals surface area contributed by atoms with E-state index < -0.39 is 0 Å². The zero-order chi connectivity index (χ0) is 10.9. The molecule has 0 bridgehead atoms. The standard InChI is InChI=1S/C12H23NO2/c1-11-7-5-3-2-4-6-8-12(14)15-10-9-13-11/h11,13H,2-10H2,1H3. The lowest BCUT2D eigenvalue weighted by Gasteiger charge is -2.12. The van der Waals surface area contributed by atoms with Crippen molar-refractivity contribution in [1.82, 2.24) is 5.32 Å². The monoisotopic (exact) mass is 213 g/mol. The average Bonchev–Trinajstić information content (AvgIpc) is 2.23. The summed E-state index contributed by atoms with van der Waals surface area (Å²) in [6.45, 7) is 3.50. The summed E-state index contributed by atoms with van der Waals surface area (Å²) in [5, 5.41) is 3.36. The number of rotatable bonds is 0. The summed E-state index contributed by atoms with van der Waals surface area (Å²) in [6.07, 6.45) is 7.81. The first-order chi connectivity index (χ1) is 7.29. The normalized spacial score (nSPS) is 27.0. The fourth-order valence-corrected chi connectivity index (χ4v) is 1.89. The van der Waals surface area contributed by atoms with Gasteiger partial charge in [-0.1, -0.05) is 25.7 Å². The van der Waals surface area contributed by atoms with Crippen LogP contribution in [0.4, 0.5) is 0 Å². The summed E-state index contributed by atoms with van der Waals surface area (Å²) in [7, 11) is 0. The first-order valence-electron chi connectivity index (χ1n) is 6.18. The molecular formula is C12H23NO2. The molecule has 0 aromatic carbocycles. The highest BCUT2D eigenvalue weighted by Crippen LogP contribution is 2.09. The predicted octanol–water partition coefficient (Wildman–Crippen LogP) is 2.25. The van der Waals surface area contributed by atoms with Crippen LogP contribution < -0.4 is 5.32 Å². The minimum absolute atomic E-state index is 0.0382. The van der Waals surface area contributed by atoms with Crippen LogP contribution in [0.15, 0.2) is 0 Å². The Morgan fingerprint density at radius 1 is 1.20 bits per heavy atom. The first kappa shape index (κ1) is 12.5. The number of hydrogen-bond acceptors (Lipinski definition) is 3. The lowest BCUT2D eigenvalue weighted by Crippen LogP contribution is -2.29. The third kappa shape index (κ3) is 6.50. The second-order valence-electron chi connectivity index (χ2n) is 4.38. The molecule has 0 amide bonds. The Hall–Kier alpha value is -0.570. The van der Waals surface area contributed by atoms with Gasteiger partial charge in [0, 0.05) is 19.0 Å². The van der Waals surface area contributed by atoms with Crippen molar-refractivity contribution >= 4 is 5.97 Å². The first-order valence-corrected chi connectivity index (χ1v) is 6.18. The van der Waals surface area contributed by atoms with E-state index >= 15 is 0 Å². The number of nitrogens with one attached hydrogen (secondary N) is 1. The highest BCUT2D eigenvalue weighted by atomic mass is 16.5. The maximum atomic E-state index is 11.2. The van der Waals surface area contributed by atoms with Crippen LogP contribution in [0.25, 0.3) is 0 Å². The predicted molar refractivity (Wildman–Crippen MR) is 60.7 cm³/mol. The van der Waals surface area contributed by atoms with Crippen LogP contribution in [0.5, 0.6) is 0 Å². The van der Waals surface area contributed by atoms with Crippen molar-refractivity contribution in [3.63, 3.8) is 0 Å². The van der Waals surface area contributed by atoms with Crippen molar-refractivity contribution in [2.24, 2.45) is 0 Å². The molecule has 1 aliphatic heterocycles. The van der Waals surface area contributed by atoms with E-state index in [2.05, 4.69) is 12.2 Å². The topological polar surface area (TPSA) is 38.3 Å². The molecule has 88 valence electrons. The van der Waals surface area contributed by atoms with Crippen molar-refractivity contribution in [1.29, 1.82) is 0 Å². The molecule has 0 spiro atoms. The van der Waals surface area contributed by atoms with Gasteiger partial charge >= 0.3 is 5.97 Å². The van der Waals surface area contributed by atoms with Gasteiger partial charge in [-0.2, -0.15) is 0 Å². The molecule has 15 heavy (non-hydrogen) atoms. The number of ether oxygens (including phenoxy) is 1. The number of cyclic esters (lactones) is 1. The summed E-state index contributed by atoms with van der Waals surface area (Å²) in [4.78, 5) is 11.2. The quantitative estimate of drug-likeness (QED) is 0.627. The van der Waals surface area contributed by atoms with Crippen molar-refractivity contribution in [2.45, 2.75) is 57.9 Å². The second kappa shape index (κ2) is 7.69. The summed E-state index contributed by atoms with van der Waals surface area (Å²) in [5.41, 5.74) is 0. The fourth-order valence-electron chi connectivity index (χ4n) is 1.89. The summed E-state index contributed by atoms with van der Waals surface area (Å²) >= 11 is 0. The number of esters is 1. The molecule has 1 atom stereocenters. The molecule has 3 heteroatoms. The molecule has 0 aromatic heterocycles. The molecule has 0 saturated carbocycles. The van der Waals surface area contributed by atoms with Crippen LogP contribution in [0.2, 0.25) is 0 Å². The van der Waals surface area contributed by atoms with Crippen LogP contribution in [0.3, 0.4) is 0 Å². The SMILES string of the molecule is CC1CCCCCCCC(=O)OCCN1. The van der Waals surface area contributed by atoms with Gasteiger partial charge in [0.25, 0.3) is 0 Å². The lowest BCUT2D eigenvalue weighted by molar-refractivity contribution is -0.143. The van der Waals surface area contributed by atoms with Gasteiger partial charge in [0.2, 0.25) is 0 Å². The van der Waals surface area contributed by atoms with Crippen molar-refractivity contribution < 1.29 is 9.53 Å². The molecule has 1 saturated heterocycles. The number of carbonyl (C=O) groups excluding carboxylic acids is 1. The van der Waals surface area contributed by atoms with E-state index in [1.165, 1.54) is 25.7 Å². The Morgan fingerprint density at radius 2 is 1.93 bits per heavy atom. The third-order valence-electron chi connectivity index (χ3n) is 2.88. The molecule has 1 unspecified atom stereocenters. The number of carbonyl (C=O) groups is 1. The summed E-state index contributed by atoms with van der Waals surface area (Å²) in [6, 6.07) is 0.546. The molecule has 1 N–H and O–H groups in total. The van der Waals surface area contributed by atoms with Crippen LogP contribution >= 0.6 is 0 Å². The van der Waals surface area contributed by atoms with Gasteiger partial charge < -0.3 is 10.1 Å². The molecule has 1 aliphatic rings. The molecule has 1 fully saturated rings. The van der Waals surface area contributed by atoms with E-state index in [0.29, 0.717) is 19.1 Å². The Labute approximate surface area is 92.6 Å². The van der Waals surface area contributed by atoms with Gasteiger partial charge in [0.1, 0.15) is 6.61 Å². The molecule has 1 heterocycles. The Bertz CT molecular complexity index is 182. The van der Waals surface area contributed by atoms with E-state index in [1.807, 2.05) is 0 Å². The van der Waals surface area contributed by atoms with E-state index in [-0.39, 0.29) is 5.97 Å². The zero-order valence-corrected chi connectivity index (χ0v) is 9.76. The van der Waals surface area contributed by atoms with Gasteiger partial charge in [0.15, 0.2) is 0 Å². The van der Waals surface area contributed by atoms with Gasteiger partial charge in [-0.3, -0.25) is 4.79 Å². The highest BCUT2D eigenvalue weighted by molar-refractivity contribution is 5.69. The molecule has 0 aromatic rings. The van der Waals surface area contributed by atoms with Crippen molar-refractivity contribution in [2.75, 3.05) is 13.2 Å². The maximum Gasteiger partial charge on any atom is 0.305 e.